The van der Waals surface area contributed by atoms with Crippen molar-refractivity contribution in [3.63, 3.8) is 0 Å². The van der Waals surface area contributed by atoms with Gasteiger partial charge >= 0.3 is 0 Å². The summed E-state index contributed by atoms with van der Waals surface area (Å²) in [6.07, 6.45) is 0. The fourth-order valence-corrected chi connectivity index (χ4v) is 0.781. The number of amides is 1. The van der Waals surface area contributed by atoms with Crippen molar-refractivity contribution in [1.29, 1.82) is 0 Å². The fraction of sp³-hybridized carbons (Fsp3) is 0.167. The average Bonchev–Trinajstić information content (AvgIpc) is 2.10. The number of carbonyl (C=O) groups excluding carboxylic acids is 1. The number of hydrazine groups is 1. The van der Waals surface area contributed by atoms with E-state index < -0.39 is 5.91 Å². The molecular formula is C6H10N6O. The van der Waals surface area contributed by atoms with Crippen molar-refractivity contribution in [3.05, 3.63) is 11.4 Å². The smallest absolute Gasteiger partial charge is 0.287 e. The minimum Gasteiger partial charge on any atom is -0.382 e. The van der Waals surface area contributed by atoms with Gasteiger partial charge in [-0.15, -0.1) is 0 Å². The molecule has 0 atom stereocenters. The number of carbonyl (C=O) groups is 1. The zero-order valence-corrected chi connectivity index (χ0v) is 7.03. The molecule has 0 radical (unpaired) electrons. The third kappa shape index (κ3) is 1.64. The molecule has 0 spiro atoms. The lowest BCUT2D eigenvalue weighted by atomic mass is 10.3. The monoisotopic (exact) mass is 182 g/mol. The largest absolute Gasteiger partial charge is 0.382 e. The van der Waals surface area contributed by atoms with Gasteiger partial charge in [-0.25, -0.2) is 15.8 Å². The first-order chi connectivity index (χ1) is 6.06. The Balaban J connectivity index is 3.23. The van der Waals surface area contributed by atoms with Crippen LogP contribution in [-0.2, 0) is 0 Å². The molecule has 0 unspecified atom stereocenters. The van der Waals surface area contributed by atoms with Crippen molar-refractivity contribution in [2.75, 3.05) is 11.5 Å². The summed E-state index contributed by atoms with van der Waals surface area (Å²) in [5.41, 5.74) is 13.1. The Morgan fingerprint density at radius 1 is 1.31 bits per heavy atom. The van der Waals surface area contributed by atoms with E-state index in [0.29, 0.717) is 5.69 Å². The molecule has 1 rings (SSSR count). The molecule has 1 heterocycles. The summed E-state index contributed by atoms with van der Waals surface area (Å²) in [4.78, 5) is 18.6. The number of hydrogen-bond acceptors (Lipinski definition) is 6. The predicted molar refractivity (Wildman–Crippen MR) is 47.2 cm³/mol. The quantitative estimate of drug-likeness (QED) is 0.238. The van der Waals surface area contributed by atoms with E-state index in [1.165, 1.54) is 0 Å². The Bertz CT molecular complexity index is 349. The van der Waals surface area contributed by atoms with Gasteiger partial charge in [0.25, 0.3) is 5.91 Å². The van der Waals surface area contributed by atoms with Crippen LogP contribution in [-0.4, -0.2) is 15.9 Å². The van der Waals surface area contributed by atoms with Crippen molar-refractivity contribution in [1.82, 2.24) is 15.4 Å². The number of nitrogens with two attached hydrogens (primary N) is 3. The second-order valence-electron chi connectivity index (χ2n) is 2.40. The first kappa shape index (κ1) is 9.20. The van der Waals surface area contributed by atoms with Crippen LogP contribution in [0.5, 0.6) is 0 Å². The van der Waals surface area contributed by atoms with Crippen molar-refractivity contribution in [2.24, 2.45) is 5.84 Å². The van der Waals surface area contributed by atoms with Crippen LogP contribution in [0, 0.1) is 6.92 Å². The van der Waals surface area contributed by atoms with Crippen molar-refractivity contribution in [2.45, 2.75) is 6.92 Å². The van der Waals surface area contributed by atoms with Crippen LogP contribution in [0.25, 0.3) is 0 Å². The molecule has 0 fully saturated rings. The minimum absolute atomic E-state index is 0.0193. The molecule has 0 aliphatic carbocycles. The maximum Gasteiger partial charge on any atom is 0.287 e. The molecule has 1 aromatic heterocycles. The standard InChI is InChI=1S/C6H10N6O/c1-2-4(7)11-5(8)3(10-2)6(13)12-9/h9H2,1H3,(H,12,13)(H4,7,8,11). The van der Waals surface area contributed by atoms with Crippen molar-refractivity contribution < 1.29 is 4.79 Å². The Labute approximate surface area is 74.3 Å². The number of nitrogens with one attached hydrogen (secondary N) is 1. The minimum atomic E-state index is -0.590. The summed E-state index contributed by atoms with van der Waals surface area (Å²) < 4.78 is 0. The SMILES string of the molecule is Cc1nc(C(=O)NN)c(N)nc1N. The summed E-state index contributed by atoms with van der Waals surface area (Å²) in [5.74, 6) is 4.48. The van der Waals surface area contributed by atoms with Crippen LogP contribution in [0.1, 0.15) is 16.2 Å². The molecule has 7 N–H and O–H groups in total. The van der Waals surface area contributed by atoms with Crippen LogP contribution in [0.15, 0.2) is 0 Å². The summed E-state index contributed by atoms with van der Waals surface area (Å²) in [5, 5.41) is 0. The maximum absolute atomic E-state index is 11.0. The van der Waals surface area contributed by atoms with Crippen LogP contribution in [0.2, 0.25) is 0 Å². The Morgan fingerprint density at radius 2 is 1.92 bits per heavy atom. The average molecular weight is 182 g/mol. The van der Waals surface area contributed by atoms with E-state index in [1.807, 2.05) is 5.43 Å². The molecule has 70 valence electrons. The third-order valence-electron chi connectivity index (χ3n) is 1.48. The molecule has 7 nitrogen and oxygen atoms in total. The fourth-order valence-electron chi connectivity index (χ4n) is 0.781. The van der Waals surface area contributed by atoms with Gasteiger partial charge in [0.1, 0.15) is 5.82 Å². The number of anilines is 2. The predicted octanol–water partition coefficient (Wildman–Crippen LogP) is -1.45. The van der Waals surface area contributed by atoms with E-state index >= 15 is 0 Å². The first-order valence-corrected chi connectivity index (χ1v) is 3.46. The normalized spacial score (nSPS) is 9.69. The summed E-state index contributed by atoms with van der Waals surface area (Å²) in [6, 6.07) is 0. The van der Waals surface area contributed by atoms with E-state index in [4.69, 9.17) is 17.3 Å². The third-order valence-corrected chi connectivity index (χ3v) is 1.48. The maximum atomic E-state index is 11.0. The zero-order valence-electron chi connectivity index (χ0n) is 7.03. The molecule has 0 aliphatic heterocycles. The van der Waals surface area contributed by atoms with E-state index in [-0.39, 0.29) is 17.3 Å². The number of rotatable bonds is 1. The van der Waals surface area contributed by atoms with Crippen molar-refractivity contribution >= 4 is 17.5 Å². The number of aryl methyl sites for hydroxylation is 1. The summed E-state index contributed by atoms with van der Waals surface area (Å²) >= 11 is 0. The molecule has 0 aliphatic rings. The van der Waals surface area contributed by atoms with Gasteiger partial charge in [0.2, 0.25) is 0 Å². The molecule has 0 bridgehead atoms. The summed E-state index contributed by atoms with van der Waals surface area (Å²) in [6.45, 7) is 1.62. The summed E-state index contributed by atoms with van der Waals surface area (Å²) in [7, 11) is 0. The second kappa shape index (κ2) is 3.23. The van der Waals surface area contributed by atoms with Crippen LogP contribution in [0.3, 0.4) is 0 Å². The highest BCUT2D eigenvalue weighted by atomic mass is 16.2. The number of nitrogen functional groups attached to an aromatic ring is 3. The van der Waals surface area contributed by atoms with E-state index in [1.54, 1.807) is 6.92 Å². The topological polar surface area (TPSA) is 133 Å². The van der Waals surface area contributed by atoms with Crippen LogP contribution < -0.4 is 22.7 Å². The number of nitrogens with zero attached hydrogens (tertiary/aromatic N) is 2. The van der Waals surface area contributed by atoms with Gasteiger partial charge in [-0.2, -0.15) is 0 Å². The van der Waals surface area contributed by atoms with Gasteiger partial charge in [-0.05, 0) is 6.92 Å². The zero-order chi connectivity index (χ0) is 10.0. The molecule has 0 aromatic carbocycles. The number of aromatic nitrogens is 2. The van der Waals surface area contributed by atoms with Gasteiger partial charge < -0.3 is 11.5 Å². The highest BCUT2D eigenvalue weighted by molar-refractivity contribution is 5.96. The first-order valence-electron chi connectivity index (χ1n) is 3.46. The molecule has 13 heavy (non-hydrogen) atoms. The van der Waals surface area contributed by atoms with E-state index in [0.717, 1.165) is 0 Å². The van der Waals surface area contributed by atoms with Gasteiger partial charge in [0.05, 0.1) is 5.69 Å². The highest BCUT2D eigenvalue weighted by Crippen LogP contribution is 2.10. The lowest BCUT2D eigenvalue weighted by molar-refractivity contribution is 0.0949. The van der Waals surface area contributed by atoms with Gasteiger partial charge in [-0.3, -0.25) is 10.2 Å². The molecule has 1 amide bonds. The molecular weight excluding hydrogens is 172 g/mol. The second-order valence-corrected chi connectivity index (χ2v) is 2.40. The van der Waals surface area contributed by atoms with Crippen molar-refractivity contribution in [3.8, 4) is 0 Å². The van der Waals surface area contributed by atoms with Gasteiger partial charge in [0.15, 0.2) is 11.5 Å². The molecule has 0 saturated heterocycles. The molecule has 7 heteroatoms. The van der Waals surface area contributed by atoms with Gasteiger partial charge in [0, 0.05) is 0 Å². The number of hydrogen-bond donors (Lipinski definition) is 4. The Kier molecular flexibility index (Phi) is 2.29. The van der Waals surface area contributed by atoms with Gasteiger partial charge in [-0.1, -0.05) is 0 Å². The van der Waals surface area contributed by atoms with Crippen LogP contribution in [0.4, 0.5) is 11.6 Å². The van der Waals surface area contributed by atoms with Crippen LogP contribution >= 0.6 is 0 Å². The molecule has 1 aromatic rings. The Morgan fingerprint density at radius 3 is 2.46 bits per heavy atom. The Hall–Kier alpha value is -1.89. The lowest BCUT2D eigenvalue weighted by Gasteiger charge is -2.04. The molecule has 0 saturated carbocycles. The lowest BCUT2D eigenvalue weighted by Crippen LogP contribution is -2.32. The highest BCUT2D eigenvalue weighted by Gasteiger charge is 2.13. The van der Waals surface area contributed by atoms with E-state index in [9.17, 15) is 4.79 Å². The van der Waals surface area contributed by atoms with E-state index in [2.05, 4.69) is 9.97 Å².